The Labute approximate surface area is 195 Å². The molecule has 0 saturated heterocycles. The van der Waals surface area contributed by atoms with Gasteiger partial charge in [-0.2, -0.15) is 13.2 Å². The molecule has 1 aromatic carbocycles. The van der Waals surface area contributed by atoms with Crippen molar-refractivity contribution in [2.75, 3.05) is 6.54 Å². The molecule has 33 heavy (non-hydrogen) atoms. The second kappa shape index (κ2) is 11.9. The standard InChI is InChI=1S/C26H37F3N2O2/c1-2-3-18-30-24(32)23(19-12-6-4-7-13-19)31(20-14-8-5-9-15-20)25(33)21-16-10-11-17-22(21)26(27,28)29/h10-11,16-17,19-20,23H,2-9,12-15,18H2,1H3,(H,30,32). The Balaban J connectivity index is 2.02. The van der Waals surface area contributed by atoms with E-state index in [-0.39, 0.29) is 23.4 Å². The van der Waals surface area contributed by atoms with E-state index in [1.54, 1.807) is 4.90 Å². The summed E-state index contributed by atoms with van der Waals surface area (Å²) in [6.45, 7) is 2.56. The summed E-state index contributed by atoms with van der Waals surface area (Å²) in [6.07, 6.45) is 6.18. The van der Waals surface area contributed by atoms with Gasteiger partial charge in [-0.25, -0.2) is 0 Å². The van der Waals surface area contributed by atoms with E-state index < -0.39 is 23.7 Å². The molecule has 1 aromatic rings. The highest BCUT2D eigenvalue weighted by molar-refractivity contribution is 5.99. The number of rotatable bonds is 8. The molecule has 2 saturated carbocycles. The topological polar surface area (TPSA) is 49.4 Å². The fraction of sp³-hybridized carbons (Fsp3) is 0.692. The van der Waals surface area contributed by atoms with Gasteiger partial charge in [-0.05, 0) is 50.2 Å². The maximum absolute atomic E-state index is 13.9. The maximum Gasteiger partial charge on any atom is 0.417 e. The lowest BCUT2D eigenvalue weighted by atomic mass is 9.80. The first kappa shape index (κ1) is 25.6. The van der Waals surface area contributed by atoms with E-state index in [0.717, 1.165) is 83.1 Å². The van der Waals surface area contributed by atoms with Gasteiger partial charge in [0.1, 0.15) is 6.04 Å². The second-order valence-corrected chi connectivity index (χ2v) is 9.54. The minimum absolute atomic E-state index is 0.0238. The van der Waals surface area contributed by atoms with Crippen molar-refractivity contribution in [3.05, 3.63) is 35.4 Å². The molecule has 2 aliphatic rings. The van der Waals surface area contributed by atoms with E-state index in [1.165, 1.54) is 18.2 Å². The number of alkyl halides is 3. The predicted molar refractivity (Wildman–Crippen MR) is 123 cm³/mol. The van der Waals surface area contributed by atoms with Crippen molar-refractivity contribution in [1.29, 1.82) is 0 Å². The van der Waals surface area contributed by atoms with E-state index in [1.807, 2.05) is 6.92 Å². The normalized spacial score (nSPS) is 19.2. The summed E-state index contributed by atoms with van der Waals surface area (Å²) in [7, 11) is 0. The smallest absolute Gasteiger partial charge is 0.354 e. The summed E-state index contributed by atoms with van der Waals surface area (Å²) in [4.78, 5) is 28.9. The molecule has 0 radical (unpaired) electrons. The van der Waals surface area contributed by atoms with Gasteiger partial charge in [-0.15, -0.1) is 0 Å². The molecule has 0 aliphatic heterocycles. The van der Waals surface area contributed by atoms with Crippen molar-refractivity contribution in [2.24, 2.45) is 5.92 Å². The number of carbonyl (C=O) groups excluding carboxylic acids is 2. The van der Waals surface area contributed by atoms with Gasteiger partial charge < -0.3 is 10.2 Å². The highest BCUT2D eigenvalue weighted by Gasteiger charge is 2.43. The van der Waals surface area contributed by atoms with Gasteiger partial charge in [0.15, 0.2) is 0 Å². The summed E-state index contributed by atoms with van der Waals surface area (Å²) < 4.78 is 41.4. The summed E-state index contributed by atoms with van der Waals surface area (Å²) in [6, 6.07) is 4.06. The van der Waals surface area contributed by atoms with Crippen LogP contribution in [-0.4, -0.2) is 35.3 Å². The molecule has 0 aromatic heterocycles. The van der Waals surface area contributed by atoms with Crippen LogP contribution in [0.15, 0.2) is 24.3 Å². The zero-order valence-corrected chi connectivity index (χ0v) is 19.6. The van der Waals surface area contributed by atoms with Crippen LogP contribution in [-0.2, 0) is 11.0 Å². The quantitative estimate of drug-likeness (QED) is 0.454. The molecule has 2 fully saturated rings. The number of nitrogens with zero attached hydrogens (tertiary/aromatic N) is 1. The molecule has 4 nitrogen and oxygen atoms in total. The third-order valence-electron chi connectivity index (χ3n) is 7.16. The average Bonchev–Trinajstić information content (AvgIpc) is 2.82. The number of hydrogen-bond acceptors (Lipinski definition) is 2. The number of nitrogens with one attached hydrogen (secondary N) is 1. The first-order valence-corrected chi connectivity index (χ1v) is 12.6. The second-order valence-electron chi connectivity index (χ2n) is 9.54. The van der Waals surface area contributed by atoms with Crippen molar-refractivity contribution in [3.63, 3.8) is 0 Å². The lowest BCUT2D eigenvalue weighted by Gasteiger charge is -2.43. The average molecular weight is 467 g/mol. The van der Waals surface area contributed by atoms with Crippen LogP contribution in [0.1, 0.15) is 99.9 Å². The fourth-order valence-electron chi connectivity index (χ4n) is 5.44. The Kier molecular flexibility index (Phi) is 9.21. The minimum Gasteiger partial charge on any atom is -0.354 e. The van der Waals surface area contributed by atoms with Crippen molar-refractivity contribution < 1.29 is 22.8 Å². The Morgan fingerprint density at radius 2 is 1.61 bits per heavy atom. The van der Waals surface area contributed by atoms with E-state index in [9.17, 15) is 22.8 Å². The molecule has 0 spiro atoms. The Morgan fingerprint density at radius 1 is 1.00 bits per heavy atom. The third kappa shape index (κ3) is 6.51. The van der Waals surface area contributed by atoms with Gasteiger partial charge in [0.2, 0.25) is 5.91 Å². The number of amides is 2. The van der Waals surface area contributed by atoms with Gasteiger partial charge in [-0.3, -0.25) is 9.59 Å². The molecule has 1 atom stereocenters. The molecule has 0 bridgehead atoms. The van der Waals surface area contributed by atoms with Crippen LogP contribution >= 0.6 is 0 Å². The zero-order valence-electron chi connectivity index (χ0n) is 19.6. The molecule has 1 N–H and O–H groups in total. The predicted octanol–water partition coefficient (Wildman–Crippen LogP) is 6.35. The molecule has 184 valence electrons. The first-order valence-electron chi connectivity index (χ1n) is 12.6. The molecule has 1 unspecified atom stereocenters. The highest BCUT2D eigenvalue weighted by atomic mass is 19.4. The molecule has 0 heterocycles. The molecule has 2 amide bonds. The summed E-state index contributed by atoms with van der Waals surface area (Å²) >= 11 is 0. The molecule has 7 heteroatoms. The third-order valence-corrected chi connectivity index (χ3v) is 7.16. The number of benzene rings is 1. The summed E-state index contributed by atoms with van der Waals surface area (Å²) in [5, 5.41) is 3.00. The van der Waals surface area contributed by atoms with Gasteiger partial charge in [0.25, 0.3) is 5.91 Å². The summed E-state index contributed by atoms with van der Waals surface area (Å²) in [5.74, 6) is -0.890. The Bertz CT molecular complexity index is 784. The molecule has 2 aliphatic carbocycles. The van der Waals surface area contributed by atoms with Crippen LogP contribution in [0.4, 0.5) is 13.2 Å². The monoisotopic (exact) mass is 466 g/mol. The Morgan fingerprint density at radius 3 is 2.21 bits per heavy atom. The first-order chi connectivity index (χ1) is 15.8. The van der Waals surface area contributed by atoms with Gasteiger partial charge in [-0.1, -0.05) is 64.0 Å². The fourth-order valence-corrected chi connectivity index (χ4v) is 5.44. The molecule has 3 rings (SSSR count). The molecular formula is C26H37F3N2O2. The van der Waals surface area contributed by atoms with Gasteiger partial charge in [0.05, 0.1) is 11.1 Å². The van der Waals surface area contributed by atoms with E-state index in [2.05, 4.69) is 5.32 Å². The van der Waals surface area contributed by atoms with E-state index in [4.69, 9.17) is 0 Å². The van der Waals surface area contributed by atoms with Crippen molar-refractivity contribution in [1.82, 2.24) is 10.2 Å². The number of unbranched alkanes of at least 4 members (excludes halogenated alkanes) is 1. The van der Waals surface area contributed by atoms with Crippen molar-refractivity contribution >= 4 is 11.8 Å². The van der Waals surface area contributed by atoms with Gasteiger partial charge >= 0.3 is 6.18 Å². The van der Waals surface area contributed by atoms with Crippen molar-refractivity contribution in [2.45, 2.75) is 102 Å². The van der Waals surface area contributed by atoms with Gasteiger partial charge in [0, 0.05) is 12.6 Å². The van der Waals surface area contributed by atoms with Crippen LogP contribution < -0.4 is 5.32 Å². The SMILES string of the molecule is CCCCNC(=O)C(C1CCCCC1)N(C(=O)c1ccccc1C(F)(F)F)C1CCCCC1. The Hall–Kier alpha value is -2.05. The maximum atomic E-state index is 13.9. The van der Waals surface area contributed by atoms with Crippen LogP contribution in [0.25, 0.3) is 0 Å². The van der Waals surface area contributed by atoms with Crippen LogP contribution in [0.5, 0.6) is 0 Å². The highest BCUT2D eigenvalue weighted by Crippen LogP contribution is 2.37. The van der Waals surface area contributed by atoms with E-state index in [0.29, 0.717) is 6.54 Å². The number of hydrogen-bond donors (Lipinski definition) is 1. The lowest BCUT2D eigenvalue weighted by molar-refractivity contribution is -0.138. The minimum atomic E-state index is -4.63. The van der Waals surface area contributed by atoms with Crippen LogP contribution in [0.3, 0.4) is 0 Å². The van der Waals surface area contributed by atoms with Crippen molar-refractivity contribution in [3.8, 4) is 0 Å². The van der Waals surface area contributed by atoms with E-state index >= 15 is 0 Å². The van der Waals surface area contributed by atoms with Crippen LogP contribution in [0.2, 0.25) is 0 Å². The lowest BCUT2D eigenvalue weighted by Crippen LogP contribution is -2.58. The number of halogens is 3. The largest absolute Gasteiger partial charge is 0.417 e. The zero-order chi connectivity index (χ0) is 23.8. The van der Waals surface area contributed by atoms with Crippen LogP contribution in [0, 0.1) is 5.92 Å². The summed E-state index contributed by atoms with van der Waals surface area (Å²) in [5.41, 5.74) is -1.28. The molecular weight excluding hydrogens is 429 g/mol. The number of carbonyl (C=O) groups is 2.